The molecule has 0 aromatic heterocycles. The van der Waals surface area contributed by atoms with Crippen molar-refractivity contribution >= 4 is 0 Å². The first-order valence-electron chi connectivity index (χ1n) is 6.64. The van der Waals surface area contributed by atoms with Crippen molar-refractivity contribution in [3.05, 3.63) is 42.0 Å². The summed E-state index contributed by atoms with van der Waals surface area (Å²) >= 11 is 0. The van der Waals surface area contributed by atoms with Crippen molar-refractivity contribution in [2.24, 2.45) is 5.92 Å². The molecule has 100 valence electrons. The van der Waals surface area contributed by atoms with Crippen molar-refractivity contribution in [3.8, 4) is 5.75 Å². The van der Waals surface area contributed by atoms with Gasteiger partial charge in [0.1, 0.15) is 5.75 Å². The van der Waals surface area contributed by atoms with Gasteiger partial charge in [-0.3, -0.25) is 0 Å². The number of benzene rings is 1. The van der Waals surface area contributed by atoms with Crippen LogP contribution in [-0.2, 0) is 6.54 Å². The van der Waals surface area contributed by atoms with Crippen LogP contribution < -0.4 is 10.1 Å². The van der Waals surface area contributed by atoms with Crippen LogP contribution in [0.2, 0.25) is 0 Å². The first-order valence-corrected chi connectivity index (χ1v) is 6.64. The van der Waals surface area contributed by atoms with Gasteiger partial charge in [0.2, 0.25) is 0 Å². The van der Waals surface area contributed by atoms with Crippen molar-refractivity contribution in [1.29, 1.82) is 0 Å². The van der Waals surface area contributed by atoms with E-state index in [2.05, 4.69) is 37.9 Å². The predicted molar refractivity (Wildman–Crippen MR) is 77.9 cm³/mol. The van der Waals surface area contributed by atoms with E-state index in [9.17, 15) is 0 Å². The molecule has 0 aliphatic carbocycles. The third kappa shape index (κ3) is 6.45. The van der Waals surface area contributed by atoms with Crippen LogP contribution >= 0.6 is 0 Å². The minimum absolute atomic E-state index is 0.690. The Bertz CT molecular complexity index is 354. The van der Waals surface area contributed by atoms with Crippen molar-refractivity contribution in [1.82, 2.24) is 5.32 Å². The van der Waals surface area contributed by atoms with E-state index in [0.717, 1.165) is 37.4 Å². The van der Waals surface area contributed by atoms with Gasteiger partial charge < -0.3 is 10.1 Å². The minimum Gasteiger partial charge on any atom is -0.494 e. The van der Waals surface area contributed by atoms with Gasteiger partial charge in [-0.25, -0.2) is 0 Å². The standard InChI is InChI=1S/C16H25NO/c1-13(2)9-10-18-16-7-5-15(6-8-16)12-17-11-14(3)4/h5-8,13,17H,3,9-12H2,1-2,4H3. The Morgan fingerprint density at radius 1 is 1.28 bits per heavy atom. The van der Waals surface area contributed by atoms with Crippen molar-refractivity contribution in [2.75, 3.05) is 13.2 Å². The summed E-state index contributed by atoms with van der Waals surface area (Å²) in [5.74, 6) is 1.65. The van der Waals surface area contributed by atoms with E-state index in [4.69, 9.17) is 4.74 Å². The van der Waals surface area contributed by atoms with Crippen molar-refractivity contribution < 1.29 is 4.74 Å². The molecule has 1 aromatic carbocycles. The van der Waals surface area contributed by atoms with Crippen LogP contribution in [0.1, 0.15) is 32.8 Å². The molecule has 0 atom stereocenters. The number of hydrogen-bond donors (Lipinski definition) is 1. The largest absolute Gasteiger partial charge is 0.494 e. The highest BCUT2D eigenvalue weighted by Gasteiger charge is 1.97. The van der Waals surface area contributed by atoms with Crippen molar-refractivity contribution in [3.63, 3.8) is 0 Å². The summed E-state index contributed by atoms with van der Waals surface area (Å²) in [6.07, 6.45) is 1.10. The molecule has 1 rings (SSSR count). The van der Waals surface area contributed by atoms with Gasteiger partial charge in [-0.1, -0.05) is 38.1 Å². The van der Waals surface area contributed by atoms with E-state index >= 15 is 0 Å². The molecule has 0 aliphatic rings. The molecule has 0 fully saturated rings. The average Bonchev–Trinajstić information content (AvgIpc) is 2.30. The Morgan fingerprint density at radius 2 is 1.94 bits per heavy atom. The summed E-state index contributed by atoms with van der Waals surface area (Å²) in [5, 5.41) is 3.34. The molecule has 2 nitrogen and oxygen atoms in total. The first-order chi connectivity index (χ1) is 8.58. The molecule has 1 N–H and O–H groups in total. The van der Waals surface area contributed by atoms with E-state index in [1.807, 2.05) is 19.1 Å². The summed E-state index contributed by atoms with van der Waals surface area (Å²) < 4.78 is 5.68. The summed E-state index contributed by atoms with van der Waals surface area (Å²) in [5.41, 5.74) is 2.43. The monoisotopic (exact) mass is 247 g/mol. The number of nitrogens with one attached hydrogen (secondary N) is 1. The highest BCUT2D eigenvalue weighted by atomic mass is 16.5. The van der Waals surface area contributed by atoms with Crippen LogP contribution in [0.25, 0.3) is 0 Å². The molecule has 0 radical (unpaired) electrons. The number of ether oxygens (including phenoxy) is 1. The lowest BCUT2D eigenvalue weighted by Gasteiger charge is -2.09. The van der Waals surface area contributed by atoms with E-state index in [1.54, 1.807) is 0 Å². The second-order valence-electron chi connectivity index (χ2n) is 5.24. The highest BCUT2D eigenvalue weighted by molar-refractivity contribution is 5.27. The summed E-state index contributed by atoms with van der Waals surface area (Å²) in [4.78, 5) is 0. The maximum atomic E-state index is 5.68. The zero-order valence-electron chi connectivity index (χ0n) is 11.8. The lowest BCUT2D eigenvalue weighted by molar-refractivity contribution is 0.289. The van der Waals surface area contributed by atoms with Gasteiger partial charge in [0.15, 0.2) is 0 Å². The lowest BCUT2D eigenvalue weighted by Crippen LogP contribution is -2.15. The molecule has 0 aliphatic heterocycles. The first kappa shape index (κ1) is 14.8. The molecule has 0 saturated carbocycles. The molecule has 1 aromatic rings. The second-order valence-corrected chi connectivity index (χ2v) is 5.24. The topological polar surface area (TPSA) is 21.3 Å². The maximum absolute atomic E-state index is 5.68. The van der Waals surface area contributed by atoms with E-state index in [-0.39, 0.29) is 0 Å². The van der Waals surface area contributed by atoms with E-state index < -0.39 is 0 Å². The molecule has 0 saturated heterocycles. The zero-order valence-corrected chi connectivity index (χ0v) is 11.8. The van der Waals surface area contributed by atoms with Crippen molar-refractivity contribution in [2.45, 2.75) is 33.7 Å². The van der Waals surface area contributed by atoms with E-state index in [1.165, 1.54) is 5.56 Å². The Balaban J connectivity index is 2.31. The zero-order chi connectivity index (χ0) is 13.4. The summed E-state index contributed by atoms with van der Waals surface area (Å²) in [7, 11) is 0. The molecular formula is C16H25NO. The fourth-order valence-corrected chi connectivity index (χ4v) is 1.54. The Hall–Kier alpha value is -1.28. The fraction of sp³-hybridized carbons (Fsp3) is 0.500. The average molecular weight is 247 g/mol. The SMILES string of the molecule is C=C(C)CNCc1ccc(OCCC(C)C)cc1. The van der Waals surface area contributed by atoms with Gasteiger partial charge in [-0.05, 0) is 37.0 Å². The molecule has 0 unspecified atom stereocenters. The third-order valence-corrected chi connectivity index (χ3v) is 2.64. The van der Waals surface area contributed by atoms with Gasteiger partial charge in [0.25, 0.3) is 0 Å². The van der Waals surface area contributed by atoms with Gasteiger partial charge in [0.05, 0.1) is 6.61 Å². The van der Waals surface area contributed by atoms with Gasteiger partial charge in [0, 0.05) is 13.1 Å². The molecular weight excluding hydrogens is 222 g/mol. The smallest absolute Gasteiger partial charge is 0.119 e. The summed E-state index contributed by atoms with van der Waals surface area (Å²) in [6, 6.07) is 8.29. The molecule has 0 bridgehead atoms. The van der Waals surface area contributed by atoms with Gasteiger partial charge in [-0.2, -0.15) is 0 Å². The Morgan fingerprint density at radius 3 is 2.50 bits per heavy atom. The molecule has 0 amide bonds. The van der Waals surface area contributed by atoms with Crippen LogP contribution in [0.15, 0.2) is 36.4 Å². The minimum atomic E-state index is 0.690. The maximum Gasteiger partial charge on any atom is 0.119 e. The highest BCUT2D eigenvalue weighted by Crippen LogP contribution is 2.13. The van der Waals surface area contributed by atoms with Crippen LogP contribution in [-0.4, -0.2) is 13.2 Å². The lowest BCUT2D eigenvalue weighted by atomic mass is 10.1. The van der Waals surface area contributed by atoms with Crippen LogP contribution in [0, 0.1) is 5.92 Å². The summed E-state index contributed by atoms with van der Waals surface area (Å²) in [6.45, 7) is 12.8. The van der Waals surface area contributed by atoms with E-state index in [0.29, 0.717) is 5.92 Å². The van der Waals surface area contributed by atoms with Gasteiger partial charge >= 0.3 is 0 Å². The fourth-order valence-electron chi connectivity index (χ4n) is 1.54. The third-order valence-electron chi connectivity index (χ3n) is 2.64. The number of hydrogen-bond acceptors (Lipinski definition) is 2. The van der Waals surface area contributed by atoms with Gasteiger partial charge in [-0.15, -0.1) is 0 Å². The van der Waals surface area contributed by atoms with Crippen LogP contribution in [0.5, 0.6) is 5.75 Å². The Kier molecular flexibility index (Phi) is 6.51. The predicted octanol–water partition coefficient (Wildman–Crippen LogP) is 3.78. The number of rotatable bonds is 8. The van der Waals surface area contributed by atoms with Crippen LogP contribution in [0.4, 0.5) is 0 Å². The van der Waals surface area contributed by atoms with Crippen LogP contribution in [0.3, 0.4) is 0 Å². The molecule has 2 heteroatoms. The molecule has 0 spiro atoms. The molecule has 18 heavy (non-hydrogen) atoms. The Labute approximate surface area is 111 Å². The normalized spacial score (nSPS) is 10.7. The molecule has 0 heterocycles. The second kappa shape index (κ2) is 7.93. The quantitative estimate of drug-likeness (QED) is 0.706.